The van der Waals surface area contributed by atoms with Gasteiger partial charge in [-0.1, -0.05) is 17.7 Å². The number of carbonyl (C=O) groups excluding carboxylic acids is 1. The number of carbonyl (C=O) groups is 1. The third kappa shape index (κ3) is 3.32. The molecule has 2 aromatic heterocycles. The SMILES string of the molecule is O=C(NCc1ccccn1)c1cnn(-c2ccc(Cl)cc2)c1. The Labute approximate surface area is 132 Å². The van der Waals surface area contributed by atoms with E-state index in [1.165, 1.54) is 6.20 Å². The molecule has 110 valence electrons. The van der Waals surface area contributed by atoms with E-state index in [-0.39, 0.29) is 5.91 Å². The summed E-state index contributed by atoms with van der Waals surface area (Å²) < 4.78 is 1.63. The van der Waals surface area contributed by atoms with Crippen LogP contribution < -0.4 is 5.32 Å². The van der Waals surface area contributed by atoms with Gasteiger partial charge in [0, 0.05) is 17.4 Å². The maximum Gasteiger partial charge on any atom is 0.254 e. The first-order valence-electron chi connectivity index (χ1n) is 6.71. The summed E-state index contributed by atoms with van der Waals surface area (Å²) in [6.45, 7) is 0.381. The zero-order valence-corrected chi connectivity index (χ0v) is 12.4. The number of nitrogens with one attached hydrogen (secondary N) is 1. The molecule has 0 saturated heterocycles. The maximum absolute atomic E-state index is 12.1. The molecule has 0 aliphatic heterocycles. The fraction of sp³-hybridized carbons (Fsp3) is 0.0625. The van der Waals surface area contributed by atoms with E-state index in [1.54, 1.807) is 29.2 Å². The molecule has 1 N–H and O–H groups in total. The Bertz CT molecular complexity index is 768. The minimum absolute atomic E-state index is 0.189. The predicted molar refractivity (Wildman–Crippen MR) is 84.0 cm³/mol. The van der Waals surface area contributed by atoms with E-state index in [0.717, 1.165) is 11.4 Å². The molecule has 0 bridgehead atoms. The number of nitrogens with zero attached hydrogens (tertiary/aromatic N) is 3. The summed E-state index contributed by atoms with van der Waals surface area (Å²) in [5, 5.41) is 7.66. The van der Waals surface area contributed by atoms with Crippen molar-refractivity contribution in [1.82, 2.24) is 20.1 Å². The predicted octanol–water partition coefficient (Wildman–Crippen LogP) is 2.85. The van der Waals surface area contributed by atoms with Crippen LogP contribution in [0.5, 0.6) is 0 Å². The van der Waals surface area contributed by atoms with Crippen LogP contribution in [0.2, 0.25) is 5.02 Å². The average Bonchev–Trinajstić information content (AvgIpc) is 3.04. The molecule has 0 spiro atoms. The first-order chi connectivity index (χ1) is 10.7. The Morgan fingerprint density at radius 3 is 2.73 bits per heavy atom. The Morgan fingerprint density at radius 2 is 2.00 bits per heavy atom. The topological polar surface area (TPSA) is 59.8 Å². The van der Waals surface area contributed by atoms with Crippen molar-refractivity contribution in [2.75, 3.05) is 0 Å². The van der Waals surface area contributed by atoms with Gasteiger partial charge in [0.2, 0.25) is 0 Å². The first kappa shape index (κ1) is 14.3. The van der Waals surface area contributed by atoms with Gasteiger partial charge in [0.1, 0.15) is 0 Å². The normalized spacial score (nSPS) is 10.4. The fourth-order valence-electron chi connectivity index (χ4n) is 1.95. The lowest BCUT2D eigenvalue weighted by Gasteiger charge is -2.03. The summed E-state index contributed by atoms with van der Waals surface area (Å²) in [5.74, 6) is -0.189. The Kier molecular flexibility index (Phi) is 4.16. The molecular formula is C16H13ClN4O. The molecule has 0 atom stereocenters. The zero-order valence-electron chi connectivity index (χ0n) is 11.6. The molecular weight excluding hydrogens is 300 g/mol. The second kappa shape index (κ2) is 6.41. The fourth-order valence-corrected chi connectivity index (χ4v) is 2.08. The number of hydrogen-bond acceptors (Lipinski definition) is 3. The van der Waals surface area contributed by atoms with Gasteiger partial charge in [0.05, 0.1) is 29.7 Å². The third-order valence-electron chi connectivity index (χ3n) is 3.09. The minimum Gasteiger partial charge on any atom is -0.346 e. The Hall–Kier alpha value is -2.66. The average molecular weight is 313 g/mol. The molecule has 0 unspecified atom stereocenters. The molecule has 0 aliphatic carbocycles. The summed E-state index contributed by atoms with van der Waals surface area (Å²) in [6, 6.07) is 12.8. The van der Waals surface area contributed by atoms with Gasteiger partial charge >= 0.3 is 0 Å². The Balaban J connectivity index is 1.68. The van der Waals surface area contributed by atoms with Crippen molar-refractivity contribution >= 4 is 17.5 Å². The number of amides is 1. The van der Waals surface area contributed by atoms with Crippen LogP contribution in [0.4, 0.5) is 0 Å². The van der Waals surface area contributed by atoms with Crippen molar-refractivity contribution in [2.24, 2.45) is 0 Å². The molecule has 1 aromatic carbocycles. The van der Waals surface area contributed by atoms with Gasteiger partial charge < -0.3 is 5.32 Å². The van der Waals surface area contributed by atoms with Gasteiger partial charge in [-0.2, -0.15) is 5.10 Å². The molecule has 2 heterocycles. The second-order valence-corrected chi connectivity index (χ2v) is 5.09. The molecule has 0 aliphatic rings. The molecule has 0 saturated carbocycles. The minimum atomic E-state index is -0.189. The Morgan fingerprint density at radius 1 is 1.18 bits per heavy atom. The number of rotatable bonds is 4. The number of halogens is 1. The van der Waals surface area contributed by atoms with Gasteiger partial charge in [0.15, 0.2) is 0 Å². The molecule has 3 aromatic rings. The van der Waals surface area contributed by atoms with Crippen molar-refractivity contribution in [1.29, 1.82) is 0 Å². The van der Waals surface area contributed by atoms with E-state index in [1.807, 2.05) is 30.3 Å². The maximum atomic E-state index is 12.1. The molecule has 5 nitrogen and oxygen atoms in total. The number of benzene rings is 1. The van der Waals surface area contributed by atoms with Crippen molar-refractivity contribution in [2.45, 2.75) is 6.54 Å². The summed E-state index contributed by atoms with van der Waals surface area (Å²) in [7, 11) is 0. The summed E-state index contributed by atoms with van der Waals surface area (Å²) >= 11 is 5.85. The lowest BCUT2D eigenvalue weighted by molar-refractivity contribution is 0.0950. The molecule has 6 heteroatoms. The highest BCUT2D eigenvalue weighted by Crippen LogP contribution is 2.13. The highest BCUT2D eigenvalue weighted by Gasteiger charge is 2.09. The van der Waals surface area contributed by atoms with E-state index in [0.29, 0.717) is 17.1 Å². The van der Waals surface area contributed by atoms with Gasteiger partial charge in [-0.3, -0.25) is 9.78 Å². The zero-order chi connectivity index (χ0) is 15.4. The van der Waals surface area contributed by atoms with E-state index in [2.05, 4.69) is 15.4 Å². The van der Waals surface area contributed by atoms with E-state index in [9.17, 15) is 4.79 Å². The van der Waals surface area contributed by atoms with Crippen LogP contribution in [0.15, 0.2) is 61.1 Å². The van der Waals surface area contributed by atoms with Crippen LogP contribution in [0.1, 0.15) is 16.1 Å². The van der Waals surface area contributed by atoms with Crippen LogP contribution in [-0.2, 0) is 6.54 Å². The van der Waals surface area contributed by atoms with Gasteiger partial charge in [-0.05, 0) is 36.4 Å². The van der Waals surface area contributed by atoms with E-state index >= 15 is 0 Å². The lowest BCUT2D eigenvalue weighted by atomic mass is 10.3. The smallest absolute Gasteiger partial charge is 0.254 e. The van der Waals surface area contributed by atoms with E-state index < -0.39 is 0 Å². The lowest BCUT2D eigenvalue weighted by Crippen LogP contribution is -2.22. The second-order valence-electron chi connectivity index (χ2n) is 4.65. The van der Waals surface area contributed by atoms with Gasteiger partial charge in [0.25, 0.3) is 5.91 Å². The van der Waals surface area contributed by atoms with Crippen LogP contribution in [0.3, 0.4) is 0 Å². The highest BCUT2D eigenvalue weighted by molar-refractivity contribution is 6.30. The van der Waals surface area contributed by atoms with Crippen LogP contribution in [0, 0.1) is 0 Å². The highest BCUT2D eigenvalue weighted by atomic mass is 35.5. The molecule has 3 rings (SSSR count). The third-order valence-corrected chi connectivity index (χ3v) is 3.34. The quantitative estimate of drug-likeness (QED) is 0.806. The summed E-state index contributed by atoms with van der Waals surface area (Å²) in [6.07, 6.45) is 4.90. The first-order valence-corrected chi connectivity index (χ1v) is 7.09. The van der Waals surface area contributed by atoms with Crippen molar-refractivity contribution in [3.8, 4) is 5.69 Å². The van der Waals surface area contributed by atoms with Crippen LogP contribution >= 0.6 is 11.6 Å². The number of aromatic nitrogens is 3. The standard InChI is InChI=1S/C16H13ClN4O/c17-13-4-6-15(7-5-13)21-11-12(9-20-21)16(22)19-10-14-3-1-2-8-18-14/h1-9,11H,10H2,(H,19,22). The monoisotopic (exact) mass is 312 g/mol. The summed E-state index contributed by atoms with van der Waals surface area (Å²) in [4.78, 5) is 16.3. The molecule has 22 heavy (non-hydrogen) atoms. The van der Waals surface area contributed by atoms with Crippen molar-refractivity contribution in [3.05, 3.63) is 77.3 Å². The van der Waals surface area contributed by atoms with Gasteiger partial charge in [-0.15, -0.1) is 0 Å². The molecule has 0 fully saturated rings. The number of hydrogen-bond donors (Lipinski definition) is 1. The van der Waals surface area contributed by atoms with Crippen LogP contribution in [-0.4, -0.2) is 20.7 Å². The van der Waals surface area contributed by atoms with Crippen molar-refractivity contribution < 1.29 is 4.79 Å². The molecule has 0 radical (unpaired) electrons. The van der Waals surface area contributed by atoms with E-state index in [4.69, 9.17) is 11.6 Å². The van der Waals surface area contributed by atoms with Gasteiger partial charge in [-0.25, -0.2) is 4.68 Å². The largest absolute Gasteiger partial charge is 0.346 e. The van der Waals surface area contributed by atoms with Crippen molar-refractivity contribution in [3.63, 3.8) is 0 Å². The van der Waals surface area contributed by atoms with Crippen LogP contribution in [0.25, 0.3) is 5.69 Å². The number of pyridine rings is 1. The summed E-state index contributed by atoms with van der Waals surface area (Å²) in [5.41, 5.74) is 2.14. The molecule has 1 amide bonds.